The number of imidazole rings is 1. The van der Waals surface area contributed by atoms with Crippen LogP contribution < -0.4 is 20.7 Å². The van der Waals surface area contributed by atoms with E-state index in [1.807, 2.05) is 10.8 Å². The number of amides is 1. The van der Waals surface area contributed by atoms with Gasteiger partial charge in [0.05, 0.1) is 11.4 Å². The van der Waals surface area contributed by atoms with Gasteiger partial charge in [0.1, 0.15) is 23.6 Å². The van der Waals surface area contributed by atoms with Crippen molar-refractivity contribution in [2.75, 3.05) is 10.7 Å². The third kappa shape index (κ3) is 5.09. The molecule has 2 aromatic heterocycles. The molecule has 0 unspecified atom stereocenters. The number of carbonyl (C=O) groups is 1. The molecule has 0 atom stereocenters. The number of carbonyl (C=O) groups excluding carboxylic acids is 1. The highest BCUT2D eigenvalue weighted by molar-refractivity contribution is 5.75. The van der Waals surface area contributed by atoms with Crippen molar-refractivity contribution in [1.29, 1.82) is 0 Å². The van der Waals surface area contributed by atoms with E-state index in [4.69, 9.17) is 0 Å². The van der Waals surface area contributed by atoms with E-state index in [0.29, 0.717) is 22.8 Å². The Morgan fingerprint density at radius 1 is 1.03 bits per heavy atom. The monoisotopic (exact) mass is 496 g/mol. The van der Waals surface area contributed by atoms with Gasteiger partial charge < -0.3 is 15.2 Å². The number of rotatable bonds is 6. The molecule has 0 saturated heterocycles. The van der Waals surface area contributed by atoms with Gasteiger partial charge in [-0.15, -0.1) is 4.68 Å². The Kier molecular flexibility index (Phi) is 6.45. The Balaban J connectivity index is 1.50. The van der Waals surface area contributed by atoms with Crippen LogP contribution in [0.5, 0.6) is 0 Å². The van der Waals surface area contributed by atoms with Crippen LogP contribution in [-0.4, -0.2) is 26.5 Å². The van der Waals surface area contributed by atoms with Crippen LogP contribution in [0, 0.1) is 17.5 Å². The van der Waals surface area contributed by atoms with Gasteiger partial charge >= 0.3 is 6.33 Å². The molecule has 8 nitrogen and oxygen atoms in total. The van der Waals surface area contributed by atoms with Gasteiger partial charge in [-0.3, -0.25) is 4.79 Å². The summed E-state index contributed by atoms with van der Waals surface area (Å²) >= 11 is 0. The molecular formula is C25H25F3N7O+. The maximum absolute atomic E-state index is 14.4. The van der Waals surface area contributed by atoms with E-state index in [0.717, 1.165) is 31.7 Å². The summed E-state index contributed by atoms with van der Waals surface area (Å²) in [5.41, 5.74) is 5.03. The molecule has 1 amide bonds. The van der Waals surface area contributed by atoms with Gasteiger partial charge in [-0.2, -0.15) is 4.98 Å². The van der Waals surface area contributed by atoms with Gasteiger partial charge in [-0.1, -0.05) is 0 Å². The zero-order valence-corrected chi connectivity index (χ0v) is 19.5. The maximum Gasteiger partial charge on any atom is 0.312 e. The third-order valence-electron chi connectivity index (χ3n) is 6.24. The van der Waals surface area contributed by atoms with Crippen LogP contribution in [-0.2, 0) is 4.79 Å². The van der Waals surface area contributed by atoms with Crippen molar-refractivity contribution in [3.8, 4) is 0 Å². The molecule has 1 aliphatic rings. The highest BCUT2D eigenvalue weighted by Crippen LogP contribution is 2.35. The maximum atomic E-state index is 14.4. The topological polar surface area (TPSA) is 87.8 Å². The van der Waals surface area contributed by atoms with Gasteiger partial charge in [0.2, 0.25) is 11.9 Å². The van der Waals surface area contributed by atoms with Crippen molar-refractivity contribution in [2.45, 2.75) is 44.7 Å². The minimum Gasteiger partial charge on any atom is -0.354 e. The lowest BCUT2D eigenvalue weighted by Crippen LogP contribution is -2.42. The van der Waals surface area contributed by atoms with Crippen LogP contribution in [0.2, 0.25) is 0 Å². The molecule has 36 heavy (non-hydrogen) atoms. The Morgan fingerprint density at radius 3 is 2.44 bits per heavy atom. The van der Waals surface area contributed by atoms with E-state index < -0.39 is 11.6 Å². The Morgan fingerprint density at radius 2 is 1.75 bits per heavy atom. The van der Waals surface area contributed by atoms with Gasteiger partial charge in [-0.25, -0.2) is 18.6 Å². The predicted molar refractivity (Wildman–Crippen MR) is 128 cm³/mol. The molecule has 3 N–H and O–H groups in total. The summed E-state index contributed by atoms with van der Waals surface area (Å²) in [5.74, 6) is -1.42. The molecule has 4 aromatic rings. The zero-order valence-electron chi connectivity index (χ0n) is 19.5. The van der Waals surface area contributed by atoms with Crippen LogP contribution in [0.1, 0.15) is 38.6 Å². The SMILES string of the molecule is CC(=O)NC1CCC(n2c(Nc3ccc(F)cc3F)nc3nc[n+](Nc4ccc(F)cc4)cc32)CC1. The summed E-state index contributed by atoms with van der Waals surface area (Å²) in [4.78, 5) is 20.5. The number of benzene rings is 2. The van der Waals surface area contributed by atoms with Gasteiger partial charge in [0.15, 0.2) is 5.52 Å². The summed E-state index contributed by atoms with van der Waals surface area (Å²) in [6, 6.07) is 9.35. The first-order valence-electron chi connectivity index (χ1n) is 11.7. The number of nitrogens with one attached hydrogen (secondary N) is 3. The fraction of sp³-hybridized carbons (Fsp3) is 0.280. The van der Waals surface area contributed by atoms with E-state index in [-0.39, 0.29) is 29.5 Å². The fourth-order valence-corrected chi connectivity index (χ4v) is 4.60. The fourth-order valence-electron chi connectivity index (χ4n) is 4.60. The summed E-state index contributed by atoms with van der Waals surface area (Å²) in [6.07, 6.45) is 6.43. The van der Waals surface area contributed by atoms with E-state index in [9.17, 15) is 18.0 Å². The minimum absolute atomic E-state index is 0.00879. The molecule has 2 heterocycles. The first-order valence-corrected chi connectivity index (χ1v) is 11.7. The van der Waals surface area contributed by atoms with Gasteiger partial charge in [0.25, 0.3) is 5.65 Å². The first kappa shape index (κ1) is 23.6. The standard InChI is InChI=1S/C25H24F3N7O/c1-15(36)30-18-7-9-20(10-8-18)35-23-13-34(33-19-5-2-16(26)3-6-19)14-29-24(23)32-25(35)31-22-11-4-17(27)12-21(22)28/h2-6,11-14,18,20,33H,7-10H2,1H3,(H,30,36)/p+1. The molecule has 0 bridgehead atoms. The predicted octanol–water partition coefficient (Wildman–Crippen LogP) is 4.37. The Bertz CT molecular complexity index is 1400. The van der Waals surface area contributed by atoms with E-state index in [2.05, 4.69) is 26.0 Å². The van der Waals surface area contributed by atoms with Crippen molar-refractivity contribution in [3.05, 3.63) is 72.4 Å². The van der Waals surface area contributed by atoms with Crippen LogP contribution >= 0.6 is 0 Å². The van der Waals surface area contributed by atoms with Crippen LogP contribution in [0.3, 0.4) is 0 Å². The summed E-state index contributed by atoms with van der Waals surface area (Å²) in [6.45, 7) is 1.51. The first-order chi connectivity index (χ1) is 17.4. The normalized spacial score (nSPS) is 17.7. The van der Waals surface area contributed by atoms with Crippen LogP contribution in [0.25, 0.3) is 11.2 Å². The lowest BCUT2D eigenvalue weighted by Gasteiger charge is -2.30. The number of fused-ring (bicyclic) bond motifs is 1. The molecule has 1 saturated carbocycles. The van der Waals surface area contributed by atoms with Gasteiger partial charge in [0, 0.05) is 25.1 Å². The largest absolute Gasteiger partial charge is 0.354 e. The van der Waals surface area contributed by atoms with Crippen molar-refractivity contribution in [2.24, 2.45) is 0 Å². The molecule has 0 radical (unpaired) electrons. The van der Waals surface area contributed by atoms with Crippen LogP contribution in [0.15, 0.2) is 55.0 Å². The number of aromatic nitrogens is 4. The summed E-state index contributed by atoms with van der Waals surface area (Å²) < 4.78 is 44.8. The zero-order chi connectivity index (χ0) is 25.2. The smallest absolute Gasteiger partial charge is 0.312 e. The second kappa shape index (κ2) is 9.84. The molecule has 11 heteroatoms. The van der Waals surface area contributed by atoms with Crippen molar-refractivity contribution in [3.63, 3.8) is 0 Å². The molecule has 0 spiro atoms. The lowest BCUT2D eigenvalue weighted by atomic mass is 9.91. The summed E-state index contributed by atoms with van der Waals surface area (Å²) in [7, 11) is 0. The van der Waals surface area contributed by atoms with E-state index in [1.165, 1.54) is 31.2 Å². The minimum atomic E-state index is -0.732. The average Bonchev–Trinajstić information content (AvgIpc) is 3.20. The van der Waals surface area contributed by atoms with Crippen LogP contribution in [0.4, 0.5) is 30.5 Å². The second-order valence-corrected chi connectivity index (χ2v) is 8.87. The molecule has 5 rings (SSSR count). The van der Waals surface area contributed by atoms with E-state index >= 15 is 0 Å². The molecular weight excluding hydrogens is 471 g/mol. The molecule has 0 aliphatic heterocycles. The molecule has 2 aromatic carbocycles. The summed E-state index contributed by atoms with van der Waals surface area (Å²) in [5, 5.41) is 5.98. The number of halogens is 3. The Hall–Kier alpha value is -4.15. The van der Waals surface area contributed by atoms with Gasteiger partial charge in [-0.05, 0) is 67.1 Å². The molecule has 1 fully saturated rings. The second-order valence-electron chi connectivity index (χ2n) is 8.87. The molecule has 186 valence electrons. The van der Waals surface area contributed by atoms with Crippen molar-refractivity contribution >= 4 is 34.4 Å². The average molecular weight is 497 g/mol. The van der Waals surface area contributed by atoms with E-state index in [1.54, 1.807) is 23.1 Å². The Labute approximate surface area is 205 Å². The lowest BCUT2D eigenvalue weighted by molar-refractivity contribution is -0.644. The highest BCUT2D eigenvalue weighted by Gasteiger charge is 2.28. The third-order valence-corrected chi connectivity index (χ3v) is 6.24. The van der Waals surface area contributed by atoms with Crippen molar-refractivity contribution in [1.82, 2.24) is 19.9 Å². The quantitative estimate of drug-likeness (QED) is 0.345. The number of nitrogens with zero attached hydrogens (tertiary/aromatic N) is 4. The number of hydrogen-bond donors (Lipinski definition) is 3. The van der Waals surface area contributed by atoms with Crippen molar-refractivity contribution < 1.29 is 22.6 Å². The molecule has 1 aliphatic carbocycles. The number of anilines is 3. The number of hydrogen-bond acceptors (Lipinski definition) is 5. The highest BCUT2D eigenvalue weighted by atomic mass is 19.1.